The van der Waals surface area contributed by atoms with Gasteiger partial charge in [-0.3, -0.25) is 32.5 Å². The minimum atomic E-state index is -5.58. The number of hydrogen-bond acceptors (Lipinski definition) is 19. The van der Waals surface area contributed by atoms with Gasteiger partial charge < -0.3 is 56.0 Å². The van der Waals surface area contributed by atoms with E-state index in [-0.39, 0.29) is 47.7 Å². The number of phosphoric ester groups is 3. The van der Waals surface area contributed by atoms with Crippen molar-refractivity contribution in [3.05, 3.63) is 12.7 Å². The Hall–Kier alpha value is -2.48. The van der Waals surface area contributed by atoms with Crippen LogP contribution in [0.25, 0.3) is 11.2 Å². The van der Waals surface area contributed by atoms with Crippen LogP contribution in [0.5, 0.6) is 0 Å². The predicted octanol–water partition coefficient (Wildman–Crippen LogP) is 3.12. The number of nitrogens with zero attached hydrogens (tertiary/aromatic N) is 4. The highest BCUT2D eigenvalue weighted by atomic mass is 32.2. The molecule has 66 heavy (non-hydrogen) atoms. The number of nitrogen functional groups attached to an aromatic ring is 1. The van der Waals surface area contributed by atoms with Crippen LogP contribution in [-0.4, -0.2) is 134 Å². The maximum absolute atomic E-state index is 12.7. The van der Waals surface area contributed by atoms with Crippen molar-refractivity contribution in [1.29, 1.82) is 0 Å². The minimum Gasteiger partial charge on any atom is -0.393 e. The number of phosphoric acid groups is 3. The van der Waals surface area contributed by atoms with Crippen molar-refractivity contribution < 1.29 is 85.6 Å². The zero-order valence-electron chi connectivity index (χ0n) is 37.3. The zero-order valence-corrected chi connectivity index (χ0v) is 40.8. The lowest BCUT2D eigenvalue weighted by Gasteiger charge is -2.30. The highest BCUT2D eigenvalue weighted by molar-refractivity contribution is 8.13. The Morgan fingerprint density at radius 1 is 0.894 bits per heavy atom. The van der Waals surface area contributed by atoms with Gasteiger partial charge in [0.05, 0.1) is 25.6 Å². The summed E-state index contributed by atoms with van der Waals surface area (Å²) in [5.41, 5.74) is 4.27. The molecule has 2 amide bonds. The Morgan fingerprint density at radius 3 is 2.20 bits per heavy atom. The standard InChI is InChI=1S/C37H66N7O18P3S/c1-4-5-14-25(45)15-12-10-8-6-7-9-11-13-16-28(47)66-20-19-39-27(46)17-18-40-35(50)32(49)37(2,3)22-59-65(56,57)62-64(54,55)58-21-26-31(61-63(51,52)53)30(48)36(60-26)44-24-43-29-33(38)41-23-42-34(29)44/h23-26,30-32,36,45,48-49H,4-22H2,1-3H3,(H,39,46)(H,40,50)(H,54,55)(H,56,57)(H2,38,41,42)(H2,51,52,53). The van der Waals surface area contributed by atoms with Crippen molar-refractivity contribution in [2.24, 2.45) is 5.41 Å². The Bertz CT molecular complexity index is 2000. The number of nitrogens with one attached hydrogen (secondary N) is 2. The summed E-state index contributed by atoms with van der Waals surface area (Å²) in [6, 6.07) is 0. The Balaban J connectivity index is 1.32. The third kappa shape index (κ3) is 20.6. The highest BCUT2D eigenvalue weighted by Crippen LogP contribution is 2.61. The van der Waals surface area contributed by atoms with Crippen LogP contribution in [0.4, 0.5) is 5.82 Å². The first-order valence-electron chi connectivity index (χ1n) is 21.7. The van der Waals surface area contributed by atoms with Crippen molar-refractivity contribution in [2.45, 2.75) is 147 Å². The molecular formula is C37H66N7O18P3S. The Labute approximate surface area is 387 Å². The SMILES string of the molecule is CCCCC(O)CCCCCCCCCCC(=O)SCCNC(=O)CCNC(=O)C(O)C(C)(C)COP(=O)(O)OP(=O)(O)OCC1OC(n2cnc3c(N)ncnc32)C(O)C1OP(=O)(O)O. The molecule has 2 aromatic heterocycles. The summed E-state index contributed by atoms with van der Waals surface area (Å²) in [5, 5.41) is 36.5. The van der Waals surface area contributed by atoms with Gasteiger partial charge in [-0.2, -0.15) is 4.31 Å². The van der Waals surface area contributed by atoms with E-state index in [0.29, 0.717) is 12.2 Å². The number of amides is 2. The van der Waals surface area contributed by atoms with E-state index in [4.69, 9.17) is 19.5 Å². The second kappa shape index (κ2) is 27.6. The van der Waals surface area contributed by atoms with Gasteiger partial charge in [-0.15, -0.1) is 0 Å². The van der Waals surface area contributed by atoms with E-state index < -0.39 is 84.6 Å². The molecule has 8 atom stereocenters. The van der Waals surface area contributed by atoms with Crippen molar-refractivity contribution in [2.75, 3.05) is 37.8 Å². The lowest BCUT2D eigenvalue weighted by molar-refractivity contribution is -0.137. The molecule has 3 heterocycles. The number of aliphatic hydroxyl groups is 3. The molecule has 0 bridgehead atoms. The van der Waals surface area contributed by atoms with E-state index >= 15 is 0 Å². The number of imidazole rings is 1. The fourth-order valence-corrected chi connectivity index (χ4v) is 10.2. The minimum absolute atomic E-state index is 0.0306. The maximum Gasteiger partial charge on any atom is 0.481 e. The van der Waals surface area contributed by atoms with Crippen molar-refractivity contribution in [1.82, 2.24) is 30.2 Å². The molecule has 1 fully saturated rings. The van der Waals surface area contributed by atoms with Gasteiger partial charge in [0, 0.05) is 37.1 Å². The second-order valence-corrected chi connectivity index (χ2v) is 21.8. The molecular weight excluding hydrogens is 955 g/mol. The zero-order chi connectivity index (χ0) is 49.1. The normalized spacial score (nSPS) is 20.7. The van der Waals surface area contributed by atoms with Crippen LogP contribution < -0.4 is 16.4 Å². The molecule has 1 aliphatic heterocycles. The topological polar surface area (TPSA) is 384 Å². The number of unbranched alkanes of at least 4 members (excludes halogenated alkanes) is 8. The van der Waals surface area contributed by atoms with Crippen molar-refractivity contribution in [3.8, 4) is 0 Å². The Kier molecular flexibility index (Phi) is 24.2. The molecule has 0 radical (unpaired) electrons. The van der Waals surface area contributed by atoms with E-state index in [1.807, 2.05) is 0 Å². The average Bonchev–Trinajstić information content (AvgIpc) is 3.80. The average molecular weight is 1020 g/mol. The smallest absolute Gasteiger partial charge is 0.393 e. The number of rotatable bonds is 33. The van der Waals surface area contributed by atoms with Crippen LogP contribution in [0, 0.1) is 5.41 Å². The number of nitrogens with two attached hydrogens (primary N) is 1. The third-order valence-electron chi connectivity index (χ3n) is 10.3. The molecule has 1 aliphatic rings. The molecule has 29 heteroatoms. The van der Waals surface area contributed by atoms with Crippen LogP contribution in [0.3, 0.4) is 0 Å². The Morgan fingerprint density at radius 2 is 1.53 bits per heavy atom. The van der Waals surface area contributed by atoms with Crippen molar-refractivity contribution >= 4 is 69.1 Å². The van der Waals surface area contributed by atoms with Gasteiger partial charge in [-0.05, 0) is 19.3 Å². The van der Waals surface area contributed by atoms with Gasteiger partial charge in [-0.25, -0.2) is 28.6 Å². The summed E-state index contributed by atoms with van der Waals surface area (Å²) in [5.74, 6) is -1.06. The molecule has 0 aliphatic carbocycles. The van der Waals surface area contributed by atoms with Crippen molar-refractivity contribution in [3.63, 3.8) is 0 Å². The summed E-state index contributed by atoms with van der Waals surface area (Å²) < 4.78 is 62.4. The first kappa shape index (κ1) is 57.8. The first-order chi connectivity index (χ1) is 30.9. The van der Waals surface area contributed by atoms with Crippen LogP contribution in [0.15, 0.2) is 12.7 Å². The summed E-state index contributed by atoms with van der Waals surface area (Å²) in [7, 11) is -16.4. The monoisotopic (exact) mass is 1020 g/mol. The van der Waals surface area contributed by atoms with Gasteiger partial charge in [-0.1, -0.05) is 90.3 Å². The van der Waals surface area contributed by atoms with Crippen LogP contribution in [-0.2, 0) is 50.7 Å². The molecule has 0 aromatic carbocycles. The van der Waals surface area contributed by atoms with Crippen LogP contribution in [0.1, 0.15) is 117 Å². The number of aromatic nitrogens is 4. The fourth-order valence-electron chi connectivity index (χ4n) is 6.66. The molecule has 25 nitrogen and oxygen atoms in total. The van der Waals surface area contributed by atoms with E-state index in [2.05, 4.69) is 41.3 Å². The van der Waals surface area contributed by atoms with Gasteiger partial charge in [0.2, 0.25) is 11.8 Å². The number of ether oxygens (including phenoxy) is 1. The molecule has 11 N–H and O–H groups in total. The number of anilines is 1. The maximum atomic E-state index is 12.7. The summed E-state index contributed by atoms with van der Waals surface area (Å²) in [6.07, 6.45) is 5.75. The molecule has 3 rings (SSSR count). The summed E-state index contributed by atoms with van der Waals surface area (Å²) in [6.45, 7) is 2.65. The van der Waals surface area contributed by atoms with E-state index in [1.165, 1.54) is 13.8 Å². The predicted molar refractivity (Wildman–Crippen MR) is 239 cm³/mol. The molecule has 2 aromatic rings. The summed E-state index contributed by atoms with van der Waals surface area (Å²) >= 11 is 1.13. The number of carbonyl (C=O) groups is 3. The first-order valence-corrected chi connectivity index (χ1v) is 27.2. The lowest BCUT2D eigenvalue weighted by atomic mass is 9.87. The molecule has 1 saturated heterocycles. The van der Waals surface area contributed by atoms with Gasteiger partial charge in [0.1, 0.15) is 36.3 Å². The van der Waals surface area contributed by atoms with E-state index in [1.54, 1.807) is 0 Å². The van der Waals surface area contributed by atoms with Crippen LogP contribution in [0.2, 0.25) is 0 Å². The third-order valence-corrected chi connectivity index (χ3v) is 14.4. The molecule has 378 valence electrons. The molecule has 8 unspecified atom stereocenters. The van der Waals surface area contributed by atoms with Crippen LogP contribution >= 0.6 is 35.2 Å². The van der Waals surface area contributed by atoms with Gasteiger partial charge in [0.15, 0.2) is 22.8 Å². The van der Waals surface area contributed by atoms with E-state index in [9.17, 15) is 63.0 Å². The van der Waals surface area contributed by atoms with E-state index in [0.717, 1.165) is 106 Å². The number of carbonyl (C=O) groups excluding carboxylic acids is 3. The second-order valence-electron chi connectivity index (χ2n) is 16.5. The summed E-state index contributed by atoms with van der Waals surface area (Å²) in [4.78, 5) is 88.3. The highest BCUT2D eigenvalue weighted by Gasteiger charge is 2.50. The number of hydrogen-bond donors (Lipinski definition) is 10. The molecule has 0 spiro atoms. The quantitative estimate of drug-likeness (QED) is 0.0362. The number of aliphatic hydroxyl groups excluding tert-OH is 3. The fraction of sp³-hybridized carbons (Fsp3) is 0.784. The molecule has 0 saturated carbocycles. The number of thioether (sulfide) groups is 1. The van der Waals surface area contributed by atoms with Gasteiger partial charge >= 0.3 is 23.5 Å². The lowest BCUT2D eigenvalue weighted by Crippen LogP contribution is -2.46. The van der Waals surface area contributed by atoms with Gasteiger partial charge in [0.25, 0.3) is 0 Å². The largest absolute Gasteiger partial charge is 0.481 e. The number of fused-ring (bicyclic) bond motifs is 1.